The number of hydrogen-bond acceptors (Lipinski definition) is 5. The summed E-state index contributed by atoms with van der Waals surface area (Å²) in [6.07, 6.45) is 1.73. The third-order valence-corrected chi connectivity index (χ3v) is 6.56. The van der Waals surface area contributed by atoms with Gasteiger partial charge in [0.25, 0.3) is 0 Å². The molecule has 0 saturated carbocycles. The first-order valence-corrected chi connectivity index (χ1v) is 12.6. The molecule has 1 unspecified atom stereocenters. The Morgan fingerprint density at radius 2 is 1.73 bits per heavy atom. The summed E-state index contributed by atoms with van der Waals surface area (Å²) in [4.78, 5) is 7.59. The normalized spacial score (nSPS) is 11.8. The van der Waals surface area contributed by atoms with Crippen LogP contribution < -0.4 is 10.0 Å². The summed E-state index contributed by atoms with van der Waals surface area (Å²) in [7, 11) is 2.91. The number of nitrogens with zero attached hydrogens (tertiary/aromatic N) is 4. The van der Waals surface area contributed by atoms with Gasteiger partial charge >= 0.3 is 0 Å². The van der Waals surface area contributed by atoms with E-state index < -0.39 is 11.0 Å². The Morgan fingerprint density at radius 3 is 2.33 bits per heavy atom. The molecule has 2 aromatic heterocycles. The van der Waals surface area contributed by atoms with Crippen LogP contribution in [-0.4, -0.2) is 50.9 Å². The zero-order chi connectivity index (χ0) is 23.8. The molecule has 9 heteroatoms. The molecule has 0 saturated heterocycles. The van der Waals surface area contributed by atoms with Crippen LogP contribution in [0.3, 0.4) is 0 Å². The lowest BCUT2D eigenvalue weighted by Gasteiger charge is -2.11. The molecule has 0 amide bonds. The SMILES string of the molecule is CCN(C)C.CCNS(=O)c1ccc(Nc2cc(-c3ccccc3)nc3c(Br)cnn23)cc1. The van der Waals surface area contributed by atoms with Crippen LogP contribution in [0.2, 0.25) is 0 Å². The molecule has 4 aromatic rings. The second-order valence-corrected chi connectivity index (χ2v) is 9.58. The molecule has 33 heavy (non-hydrogen) atoms. The van der Waals surface area contributed by atoms with Crippen molar-refractivity contribution in [3.05, 3.63) is 71.3 Å². The predicted octanol–water partition coefficient (Wildman–Crippen LogP) is 5.10. The largest absolute Gasteiger partial charge is 0.340 e. The van der Waals surface area contributed by atoms with Gasteiger partial charge in [0.15, 0.2) is 5.65 Å². The van der Waals surface area contributed by atoms with Gasteiger partial charge in [0.05, 0.1) is 21.3 Å². The number of anilines is 2. The molecular formula is C24H29BrN6OS. The summed E-state index contributed by atoms with van der Waals surface area (Å²) >= 11 is 3.52. The highest BCUT2D eigenvalue weighted by Gasteiger charge is 2.12. The van der Waals surface area contributed by atoms with E-state index in [-0.39, 0.29) is 0 Å². The topological polar surface area (TPSA) is 74.6 Å². The van der Waals surface area contributed by atoms with E-state index in [2.05, 4.69) is 57.0 Å². The fourth-order valence-electron chi connectivity index (χ4n) is 2.81. The van der Waals surface area contributed by atoms with Gasteiger partial charge < -0.3 is 10.2 Å². The summed E-state index contributed by atoms with van der Waals surface area (Å²) in [6, 6.07) is 19.5. The van der Waals surface area contributed by atoms with Gasteiger partial charge in [0.1, 0.15) is 16.8 Å². The minimum Gasteiger partial charge on any atom is -0.340 e. The number of aromatic nitrogens is 3. The average molecular weight is 530 g/mol. The molecule has 2 heterocycles. The maximum absolute atomic E-state index is 12.0. The molecule has 0 radical (unpaired) electrons. The van der Waals surface area contributed by atoms with Gasteiger partial charge in [-0.3, -0.25) is 0 Å². The number of benzene rings is 2. The maximum atomic E-state index is 12.0. The fourth-order valence-corrected chi connectivity index (χ4v) is 3.97. The van der Waals surface area contributed by atoms with E-state index >= 15 is 0 Å². The van der Waals surface area contributed by atoms with Crippen molar-refractivity contribution in [3.63, 3.8) is 0 Å². The molecule has 174 valence electrons. The van der Waals surface area contributed by atoms with E-state index in [1.54, 1.807) is 10.7 Å². The van der Waals surface area contributed by atoms with Crippen LogP contribution in [0, 0.1) is 0 Å². The second kappa shape index (κ2) is 12.0. The third-order valence-electron chi connectivity index (χ3n) is 4.75. The average Bonchev–Trinajstić information content (AvgIpc) is 3.21. The number of halogens is 1. The van der Waals surface area contributed by atoms with Crippen molar-refractivity contribution in [2.75, 3.05) is 32.5 Å². The van der Waals surface area contributed by atoms with Gasteiger partial charge in [-0.05, 0) is 60.8 Å². The molecule has 1 atom stereocenters. The van der Waals surface area contributed by atoms with E-state index in [1.807, 2.05) is 67.6 Å². The molecule has 4 rings (SSSR count). The molecule has 0 aliphatic rings. The van der Waals surface area contributed by atoms with E-state index in [1.165, 1.54) is 0 Å². The quantitative estimate of drug-likeness (QED) is 0.349. The summed E-state index contributed by atoms with van der Waals surface area (Å²) < 4.78 is 17.5. The van der Waals surface area contributed by atoms with Crippen LogP contribution in [0.15, 0.2) is 76.2 Å². The van der Waals surface area contributed by atoms with Crippen molar-refractivity contribution >= 4 is 44.1 Å². The summed E-state index contributed by atoms with van der Waals surface area (Å²) in [5.41, 5.74) is 3.48. The van der Waals surface area contributed by atoms with Gasteiger partial charge in [-0.25, -0.2) is 13.9 Å². The highest BCUT2D eigenvalue weighted by molar-refractivity contribution is 9.10. The van der Waals surface area contributed by atoms with Gasteiger partial charge in [-0.1, -0.05) is 44.2 Å². The van der Waals surface area contributed by atoms with Crippen LogP contribution in [0.4, 0.5) is 11.5 Å². The minimum absolute atomic E-state index is 0.651. The highest BCUT2D eigenvalue weighted by Crippen LogP contribution is 2.27. The summed E-state index contributed by atoms with van der Waals surface area (Å²) in [6.45, 7) is 5.84. The monoisotopic (exact) mass is 528 g/mol. The molecule has 7 nitrogen and oxygen atoms in total. The van der Waals surface area contributed by atoms with E-state index in [9.17, 15) is 4.21 Å². The Hall–Kier alpha value is -2.59. The summed E-state index contributed by atoms with van der Waals surface area (Å²) in [5.74, 6) is 0.787. The minimum atomic E-state index is -1.20. The van der Waals surface area contributed by atoms with Crippen LogP contribution in [0.25, 0.3) is 16.9 Å². The van der Waals surface area contributed by atoms with Crippen LogP contribution in [-0.2, 0) is 11.0 Å². The smallest absolute Gasteiger partial charge is 0.172 e. The maximum Gasteiger partial charge on any atom is 0.172 e. The zero-order valence-corrected chi connectivity index (χ0v) is 21.7. The van der Waals surface area contributed by atoms with Crippen LogP contribution >= 0.6 is 15.9 Å². The first-order valence-electron chi connectivity index (χ1n) is 10.7. The number of hydrogen-bond donors (Lipinski definition) is 2. The van der Waals surface area contributed by atoms with Gasteiger partial charge in [0, 0.05) is 23.9 Å². The van der Waals surface area contributed by atoms with Crippen molar-refractivity contribution in [2.45, 2.75) is 18.7 Å². The van der Waals surface area contributed by atoms with Crippen molar-refractivity contribution in [2.24, 2.45) is 0 Å². The lowest BCUT2D eigenvalue weighted by atomic mass is 10.1. The number of rotatable bonds is 7. The molecule has 0 aliphatic heterocycles. The first kappa shape index (κ1) is 25.0. The Kier molecular flexibility index (Phi) is 9.13. The van der Waals surface area contributed by atoms with Gasteiger partial charge in [-0.15, -0.1) is 0 Å². The molecule has 2 N–H and O–H groups in total. The Morgan fingerprint density at radius 1 is 1.06 bits per heavy atom. The molecule has 0 spiro atoms. The zero-order valence-electron chi connectivity index (χ0n) is 19.2. The fraction of sp³-hybridized carbons (Fsp3) is 0.250. The Bertz CT molecular complexity index is 1200. The molecule has 0 fully saturated rings. The molecular weight excluding hydrogens is 500 g/mol. The standard InChI is InChI=1S/C20H18BrN5OS.C4H11N/c1-2-23-28(27)16-10-8-15(9-11-16)24-19-12-18(14-6-4-3-5-7-14)25-20-17(21)13-22-26(19)20;1-4-5(2)3/h3-13,23-24H,2H2,1H3;4H2,1-3H3. The predicted molar refractivity (Wildman–Crippen MR) is 140 cm³/mol. The van der Waals surface area contributed by atoms with Crippen molar-refractivity contribution < 1.29 is 4.21 Å². The van der Waals surface area contributed by atoms with E-state index in [0.29, 0.717) is 6.54 Å². The van der Waals surface area contributed by atoms with Crippen LogP contribution in [0.1, 0.15) is 13.8 Å². The van der Waals surface area contributed by atoms with Crippen molar-refractivity contribution in [3.8, 4) is 11.3 Å². The van der Waals surface area contributed by atoms with Gasteiger partial charge in [-0.2, -0.15) is 9.61 Å². The van der Waals surface area contributed by atoms with Crippen LogP contribution in [0.5, 0.6) is 0 Å². The van der Waals surface area contributed by atoms with Gasteiger partial charge in [0.2, 0.25) is 0 Å². The van der Waals surface area contributed by atoms with E-state index in [4.69, 9.17) is 4.98 Å². The second-order valence-electron chi connectivity index (χ2n) is 7.43. The highest BCUT2D eigenvalue weighted by atomic mass is 79.9. The van der Waals surface area contributed by atoms with Crippen molar-refractivity contribution in [1.82, 2.24) is 24.2 Å². The number of nitrogens with one attached hydrogen (secondary N) is 2. The third kappa shape index (κ3) is 6.70. The molecule has 0 aliphatic carbocycles. The van der Waals surface area contributed by atoms with E-state index in [0.717, 1.165) is 44.3 Å². The first-order chi connectivity index (χ1) is 15.9. The Labute approximate surface area is 206 Å². The number of fused-ring (bicyclic) bond motifs is 1. The lowest BCUT2D eigenvalue weighted by Crippen LogP contribution is -2.16. The Balaban J connectivity index is 0.000000555. The summed E-state index contributed by atoms with van der Waals surface area (Å²) in [5, 5.41) is 7.79. The molecule has 0 bridgehead atoms. The molecule has 2 aromatic carbocycles. The lowest BCUT2D eigenvalue weighted by molar-refractivity contribution is 0.434. The van der Waals surface area contributed by atoms with Crippen molar-refractivity contribution in [1.29, 1.82) is 0 Å².